The molecular weight excluding hydrogens is 312 g/mol. The zero-order valence-corrected chi connectivity index (χ0v) is 13.3. The standard InChI is InChI=1S/C17H16N2O3S/c1-10(9-20)16(22)19-12-4-2-11(3-5-12)15-8-13-14(21)6-7-18-17(13)23-15/h2-8,10,15,20H,9H2,1H3,(H,19,22). The molecule has 0 radical (unpaired) electrons. The van der Waals surface area contributed by atoms with Crippen LogP contribution in [-0.4, -0.2) is 28.4 Å². The van der Waals surface area contributed by atoms with Crippen LogP contribution in [0.5, 0.6) is 0 Å². The lowest BCUT2D eigenvalue weighted by molar-refractivity contribution is -0.120. The summed E-state index contributed by atoms with van der Waals surface area (Å²) in [6, 6.07) is 7.48. The Morgan fingerprint density at radius 3 is 2.78 bits per heavy atom. The van der Waals surface area contributed by atoms with Crippen LogP contribution in [0.15, 0.2) is 53.2 Å². The maximum absolute atomic E-state index is 11.8. The zero-order chi connectivity index (χ0) is 16.4. The summed E-state index contributed by atoms with van der Waals surface area (Å²) < 4.78 is 0. The number of hydrogen-bond donors (Lipinski definition) is 2. The Balaban J connectivity index is 1.72. The molecule has 23 heavy (non-hydrogen) atoms. The molecular formula is C17H16N2O3S. The monoisotopic (exact) mass is 328 g/mol. The van der Waals surface area contributed by atoms with Crippen LogP contribution in [0.4, 0.5) is 5.69 Å². The minimum absolute atomic E-state index is 0.00752. The van der Waals surface area contributed by atoms with Crippen molar-refractivity contribution >= 4 is 34.2 Å². The smallest absolute Gasteiger partial charge is 0.229 e. The van der Waals surface area contributed by atoms with Gasteiger partial charge in [0.2, 0.25) is 5.91 Å². The molecule has 2 aliphatic heterocycles. The highest BCUT2D eigenvalue weighted by molar-refractivity contribution is 8.15. The van der Waals surface area contributed by atoms with E-state index in [0.717, 1.165) is 10.6 Å². The Hall–Kier alpha value is -2.18. The normalized spacial score (nSPS) is 20.6. The Morgan fingerprint density at radius 2 is 2.13 bits per heavy atom. The second-order valence-corrected chi connectivity index (χ2v) is 6.56. The molecule has 0 saturated carbocycles. The van der Waals surface area contributed by atoms with Gasteiger partial charge in [-0.3, -0.25) is 9.59 Å². The van der Waals surface area contributed by atoms with Crippen LogP contribution in [0.3, 0.4) is 0 Å². The minimum Gasteiger partial charge on any atom is -0.396 e. The minimum atomic E-state index is -0.440. The Kier molecular flexibility index (Phi) is 4.45. The molecule has 0 fully saturated rings. The number of aliphatic hydroxyl groups is 1. The molecule has 2 atom stereocenters. The van der Waals surface area contributed by atoms with Gasteiger partial charge in [-0.15, -0.1) is 0 Å². The van der Waals surface area contributed by atoms with E-state index >= 15 is 0 Å². The van der Waals surface area contributed by atoms with Crippen LogP contribution in [0, 0.1) is 5.92 Å². The van der Waals surface area contributed by atoms with Crippen LogP contribution < -0.4 is 5.32 Å². The summed E-state index contributed by atoms with van der Waals surface area (Å²) in [5, 5.41) is 12.5. The van der Waals surface area contributed by atoms with Gasteiger partial charge in [0.25, 0.3) is 0 Å². The van der Waals surface area contributed by atoms with E-state index in [4.69, 9.17) is 5.11 Å². The number of aliphatic imine (C=N–C) groups is 1. The molecule has 2 unspecified atom stereocenters. The number of nitrogens with one attached hydrogen (secondary N) is 1. The van der Waals surface area contributed by atoms with Crippen LogP contribution in [0.25, 0.3) is 0 Å². The second-order valence-electron chi connectivity index (χ2n) is 5.43. The van der Waals surface area contributed by atoms with E-state index in [-0.39, 0.29) is 23.5 Å². The molecule has 0 saturated heterocycles. The highest BCUT2D eigenvalue weighted by Gasteiger charge is 2.29. The molecule has 0 spiro atoms. The third kappa shape index (κ3) is 3.28. The van der Waals surface area contributed by atoms with Gasteiger partial charge in [0.05, 0.1) is 23.3 Å². The van der Waals surface area contributed by atoms with Gasteiger partial charge in [-0.05, 0) is 17.7 Å². The van der Waals surface area contributed by atoms with E-state index in [2.05, 4.69) is 10.3 Å². The molecule has 3 rings (SSSR count). The second kappa shape index (κ2) is 6.52. The van der Waals surface area contributed by atoms with Crippen molar-refractivity contribution in [1.29, 1.82) is 0 Å². The number of aliphatic hydroxyl groups excluding tert-OH is 1. The van der Waals surface area contributed by atoms with E-state index in [9.17, 15) is 9.59 Å². The Morgan fingerprint density at radius 1 is 1.39 bits per heavy atom. The summed E-state index contributed by atoms with van der Waals surface area (Å²) >= 11 is 1.54. The van der Waals surface area contributed by atoms with Gasteiger partial charge in [-0.25, -0.2) is 4.99 Å². The van der Waals surface area contributed by atoms with Gasteiger partial charge >= 0.3 is 0 Å². The number of nitrogens with zero attached hydrogens (tertiary/aromatic N) is 1. The number of amides is 1. The fourth-order valence-corrected chi connectivity index (χ4v) is 3.41. The molecule has 2 aliphatic rings. The van der Waals surface area contributed by atoms with Crippen molar-refractivity contribution in [1.82, 2.24) is 0 Å². The average Bonchev–Trinajstić information content (AvgIpc) is 3.00. The summed E-state index contributed by atoms with van der Waals surface area (Å²) in [6.07, 6.45) is 4.93. The third-order valence-electron chi connectivity index (χ3n) is 3.70. The van der Waals surface area contributed by atoms with Crippen molar-refractivity contribution in [3.05, 3.63) is 53.8 Å². The fourth-order valence-electron chi connectivity index (χ4n) is 2.26. The van der Waals surface area contributed by atoms with Crippen LogP contribution in [0.1, 0.15) is 17.7 Å². The fraction of sp³-hybridized carbons (Fsp3) is 0.235. The van der Waals surface area contributed by atoms with Crippen molar-refractivity contribution in [2.24, 2.45) is 10.9 Å². The lowest BCUT2D eigenvalue weighted by Crippen LogP contribution is -2.22. The van der Waals surface area contributed by atoms with Crippen LogP contribution in [-0.2, 0) is 9.59 Å². The number of thioether (sulfide) groups is 1. The predicted octanol–water partition coefficient (Wildman–Crippen LogP) is 2.46. The number of ketones is 1. The molecule has 2 heterocycles. The van der Waals surface area contributed by atoms with Crippen molar-refractivity contribution in [2.45, 2.75) is 12.2 Å². The van der Waals surface area contributed by atoms with Crippen LogP contribution in [0.2, 0.25) is 0 Å². The molecule has 1 aromatic carbocycles. The van der Waals surface area contributed by atoms with Crippen molar-refractivity contribution < 1.29 is 14.7 Å². The molecule has 0 aliphatic carbocycles. The number of rotatable bonds is 4. The van der Waals surface area contributed by atoms with Gasteiger partial charge in [0, 0.05) is 18.0 Å². The van der Waals surface area contributed by atoms with Gasteiger partial charge in [0.15, 0.2) is 5.78 Å². The Bertz CT molecular complexity index is 735. The molecule has 0 aromatic heterocycles. The highest BCUT2D eigenvalue weighted by atomic mass is 32.2. The summed E-state index contributed by atoms with van der Waals surface area (Å²) in [7, 11) is 0. The molecule has 118 valence electrons. The highest BCUT2D eigenvalue weighted by Crippen LogP contribution is 2.41. The molecule has 5 nitrogen and oxygen atoms in total. The Labute approximate surface area is 138 Å². The lowest BCUT2D eigenvalue weighted by Gasteiger charge is -2.11. The summed E-state index contributed by atoms with van der Waals surface area (Å²) in [6.45, 7) is 1.49. The predicted molar refractivity (Wildman–Crippen MR) is 91.3 cm³/mol. The summed E-state index contributed by atoms with van der Waals surface area (Å²) in [4.78, 5) is 27.8. The van der Waals surface area contributed by atoms with Gasteiger partial charge in [0.1, 0.15) is 5.04 Å². The maximum Gasteiger partial charge on any atom is 0.229 e. The summed E-state index contributed by atoms with van der Waals surface area (Å²) in [5.41, 5.74) is 2.39. The van der Waals surface area contributed by atoms with Gasteiger partial charge < -0.3 is 10.4 Å². The molecule has 1 aromatic rings. The number of fused-ring (bicyclic) bond motifs is 1. The first kappa shape index (κ1) is 15.7. The van der Waals surface area contributed by atoms with Gasteiger partial charge in [-0.2, -0.15) is 0 Å². The summed E-state index contributed by atoms with van der Waals surface area (Å²) in [5.74, 6) is -0.661. The largest absolute Gasteiger partial charge is 0.396 e. The van der Waals surface area contributed by atoms with E-state index in [1.807, 2.05) is 30.3 Å². The first-order valence-electron chi connectivity index (χ1n) is 7.27. The number of allylic oxidation sites excluding steroid dienone is 1. The third-order valence-corrected chi connectivity index (χ3v) is 4.91. The first-order valence-corrected chi connectivity index (χ1v) is 8.15. The number of hydrogen-bond acceptors (Lipinski definition) is 5. The molecule has 6 heteroatoms. The van der Waals surface area contributed by atoms with Crippen molar-refractivity contribution in [3.63, 3.8) is 0 Å². The lowest BCUT2D eigenvalue weighted by atomic mass is 10.1. The van der Waals surface area contributed by atoms with E-state index in [1.165, 1.54) is 12.3 Å². The zero-order valence-electron chi connectivity index (χ0n) is 12.5. The first-order chi connectivity index (χ1) is 11.1. The topological polar surface area (TPSA) is 78.8 Å². The van der Waals surface area contributed by atoms with E-state index in [0.29, 0.717) is 11.3 Å². The molecule has 1 amide bonds. The molecule has 2 N–H and O–H groups in total. The van der Waals surface area contributed by atoms with Gasteiger partial charge in [-0.1, -0.05) is 36.9 Å². The SMILES string of the molecule is CC(CO)C(=O)Nc1ccc(C2C=C3C(=O)C=CN=C3S2)cc1. The van der Waals surface area contributed by atoms with E-state index in [1.54, 1.807) is 18.7 Å². The van der Waals surface area contributed by atoms with Crippen molar-refractivity contribution in [3.8, 4) is 0 Å². The van der Waals surface area contributed by atoms with E-state index < -0.39 is 5.92 Å². The van der Waals surface area contributed by atoms with Crippen LogP contribution >= 0.6 is 11.8 Å². The number of carbonyl (C=O) groups excluding carboxylic acids is 2. The maximum atomic E-state index is 11.8. The molecule has 0 bridgehead atoms. The number of carbonyl (C=O) groups is 2. The number of anilines is 1. The quantitative estimate of drug-likeness (QED) is 0.890. The van der Waals surface area contributed by atoms with Crippen molar-refractivity contribution in [2.75, 3.05) is 11.9 Å². The average molecular weight is 328 g/mol. The number of benzene rings is 1.